The van der Waals surface area contributed by atoms with Crippen LogP contribution in [0.4, 0.5) is 0 Å². The minimum atomic E-state index is -0.766. The Labute approximate surface area is 215 Å². The van der Waals surface area contributed by atoms with Crippen LogP contribution in [0.1, 0.15) is 44.7 Å². The fourth-order valence-electron chi connectivity index (χ4n) is 3.77. The third kappa shape index (κ3) is 6.47. The van der Waals surface area contributed by atoms with Gasteiger partial charge in [-0.05, 0) is 44.9 Å². The largest absolute Gasteiger partial charge is 0.463 e. The van der Waals surface area contributed by atoms with Crippen molar-refractivity contribution in [2.75, 3.05) is 12.4 Å². The van der Waals surface area contributed by atoms with Gasteiger partial charge in [-0.15, -0.1) is 0 Å². The fraction of sp³-hybridized carbons (Fsp3) is 0.296. The zero-order valence-corrected chi connectivity index (χ0v) is 21.7. The second-order valence-electron chi connectivity index (χ2n) is 8.90. The monoisotopic (exact) mass is 509 g/mol. The molecule has 0 spiro atoms. The van der Waals surface area contributed by atoms with Crippen LogP contribution in [0.2, 0.25) is 5.02 Å². The van der Waals surface area contributed by atoms with Crippen molar-refractivity contribution >= 4 is 40.9 Å². The number of hydrogen-bond donors (Lipinski definition) is 2. The fourth-order valence-corrected chi connectivity index (χ4v) is 4.86. The summed E-state index contributed by atoms with van der Waals surface area (Å²) in [7, 11) is 0. The maximum atomic E-state index is 13.3. The van der Waals surface area contributed by atoms with Crippen molar-refractivity contribution in [2.24, 2.45) is 0 Å². The Morgan fingerprint density at radius 1 is 1.14 bits per heavy atom. The van der Waals surface area contributed by atoms with E-state index in [1.54, 1.807) is 25.1 Å². The van der Waals surface area contributed by atoms with Gasteiger partial charge in [-0.1, -0.05) is 71.9 Å². The lowest BCUT2D eigenvalue weighted by Gasteiger charge is -2.31. The number of rotatable bonds is 7. The summed E-state index contributed by atoms with van der Waals surface area (Å²) >= 11 is 7.78. The van der Waals surface area contributed by atoms with Gasteiger partial charge >= 0.3 is 5.97 Å². The highest BCUT2D eigenvalue weighted by atomic mass is 35.5. The van der Waals surface area contributed by atoms with Crippen molar-refractivity contribution in [2.45, 2.75) is 39.2 Å². The van der Waals surface area contributed by atoms with Crippen LogP contribution in [-0.2, 0) is 14.3 Å². The van der Waals surface area contributed by atoms with Crippen molar-refractivity contribution in [1.29, 1.82) is 5.26 Å². The molecule has 2 N–H and O–H groups in total. The van der Waals surface area contributed by atoms with Gasteiger partial charge in [0.25, 0.3) is 0 Å². The third-order valence-corrected chi connectivity index (χ3v) is 6.45. The topological polar surface area (TPSA) is 91.2 Å². The van der Waals surface area contributed by atoms with Crippen molar-refractivity contribution in [3.05, 3.63) is 86.9 Å². The van der Waals surface area contributed by atoms with Gasteiger partial charge in [0.15, 0.2) is 0 Å². The number of allylic oxidation sites excluding steroid dienone is 1. The summed E-state index contributed by atoms with van der Waals surface area (Å²) in [5.41, 5.74) is 2.10. The summed E-state index contributed by atoms with van der Waals surface area (Å²) in [5.74, 6) is -1.37. The Kier molecular flexibility index (Phi) is 8.66. The van der Waals surface area contributed by atoms with Crippen molar-refractivity contribution in [1.82, 2.24) is 10.6 Å². The molecule has 2 aromatic carbocycles. The van der Waals surface area contributed by atoms with Crippen molar-refractivity contribution in [3.63, 3.8) is 0 Å². The third-order valence-electron chi connectivity index (χ3n) is 5.09. The Morgan fingerprint density at radius 3 is 2.40 bits per heavy atom. The first-order chi connectivity index (χ1) is 16.7. The molecule has 0 aliphatic carbocycles. The average Bonchev–Trinajstić information content (AvgIpc) is 2.81. The molecule has 8 heteroatoms. The summed E-state index contributed by atoms with van der Waals surface area (Å²) in [6, 6.07) is 18.7. The highest BCUT2D eigenvalue weighted by Gasteiger charge is 2.38. The van der Waals surface area contributed by atoms with E-state index in [9.17, 15) is 14.9 Å². The molecular weight excluding hydrogens is 482 g/mol. The lowest BCUT2D eigenvalue weighted by Crippen LogP contribution is -2.41. The molecule has 2 aromatic rings. The van der Waals surface area contributed by atoms with Gasteiger partial charge in [0.05, 0.1) is 46.2 Å². The van der Waals surface area contributed by atoms with Crippen LogP contribution in [0.15, 0.2) is 70.8 Å². The summed E-state index contributed by atoms with van der Waals surface area (Å²) in [6.07, 6.45) is 0. The molecule has 1 aliphatic heterocycles. The zero-order chi connectivity index (χ0) is 25.6. The van der Waals surface area contributed by atoms with Crippen LogP contribution in [0.5, 0.6) is 0 Å². The second kappa shape index (κ2) is 11.5. The first-order valence-corrected chi connectivity index (χ1v) is 12.6. The van der Waals surface area contributed by atoms with E-state index < -0.39 is 11.9 Å². The molecule has 182 valence electrons. The molecule has 35 heavy (non-hydrogen) atoms. The Balaban J connectivity index is 2.18. The minimum absolute atomic E-state index is 0.0941. The predicted molar refractivity (Wildman–Crippen MR) is 140 cm³/mol. The molecule has 0 radical (unpaired) electrons. The molecule has 1 amide bonds. The van der Waals surface area contributed by atoms with E-state index in [2.05, 4.69) is 16.7 Å². The number of halogens is 1. The van der Waals surface area contributed by atoms with E-state index in [0.717, 1.165) is 5.56 Å². The van der Waals surface area contributed by atoms with E-state index in [1.807, 2.05) is 57.2 Å². The quantitative estimate of drug-likeness (QED) is 0.486. The Hall–Kier alpha value is -3.21. The van der Waals surface area contributed by atoms with Crippen LogP contribution < -0.4 is 10.6 Å². The normalized spacial score (nSPS) is 15.8. The molecule has 0 unspecified atom stereocenters. The summed E-state index contributed by atoms with van der Waals surface area (Å²) < 4.78 is 5.42. The van der Waals surface area contributed by atoms with E-state index >= 15 is 0 Å². The van der Waals surface area contributed by atoms with Gasteiger partial charge in [-0.25, -0.2) is 4.79 Å². The van der Waals surface area contributed by atoms with Crippen LogP contribution in [0.25, 0.3) is 5.70 Å². The maximum absolute atomic E-state index is 13.3. The molecule has 1 atom stereocenters. The van der Waals surface area contributed by atoms with Gasteiger partial charge in [0.2, 0.25) is 5.91 Å². The molecular formula is C27H28ClN3O3S. The second-order valence-corrected chi connectivity index (χ2v) is 10.3. The number of ether oxygens (including phenoxy) is 1. The van der Waals surface area contributed by atoms with Crippen LogP contribution in [0, 0.1) is 11.3 Å². The van der Waals surface area contributed by atoms with Crippen LogP contribution in [-0.4, -0.2) is 29.8 Å². The van der Waals surface area contributed by atoms with Gasteiger partial charge < -0.3 is 15.4 Å². The number of amides is 1. The molecule has 0 fully saturated rings. The van der Waals surface area contributed by atoms with Crippen molar-refractivity contribution < 1.29 is 14.3 Å². The number of carbonyl (C=O) groups excluding carboxylic acids is 2. The van der Waals surface area contributed by atoms with Crippen LogP contribution in [0.3, 0.4) is 0 Å². The van der Waals surface area contributed by atoms with E-state index in [4.69, 9.17) is 16.3 Å². The predicted octanol–water partition coefficient (Wildman–Crippen LogP) is 5.38. The van der Waals surface area contributed by atoms with Gasteiger partial charge in [-0.3, -0.25) is 4.79 Å². The number of carbonyl (C=O) groups is 2. The molecule has 0 aromatic heterocycles. The van der Waals surface area contributed by atoms with E-state index in [0.29, 0.717) is 32.5 Å². The zero-order valence-electron chi connectivity index (χ0n) is 20.1. The SMILES string of the molecule is CCOC(=O)C1=C(c2ccccc2)NC(SCC(=O)NC(C)(C)C)=C(C#N)[C@H]1c1ccccc1Cl. The van der Waals surface area contributed by atoms with Gasteiger partial charge in [0, 0.05) is 10.6 Å². The number of nitrogens with zero attached hydrogens (tertiary/aromatic N) is 1. The smallest absolute Gasteiger partial charge is 0.337 e. The number of nitriles is 1. The number of nitrogens with one attached hydrogen (secondary N) is 2. The van der Waals surface area contributed by atoms with Gasteiger partial charge in [0.1, 0.15) is 0 Å². The molecule has 1 heterocycles. The molecule has 3 rings (SSSR count). The first-order valence-electron chi connectivity index (χ1n) is 11.2. The Morgan fingerprint density at radius 2 is 1.80 bits per heavy atom. The standard InChI is InChI=1S/C27H28ClN3O3S/c1-5-34-26(33)23-22(18-13-9-10-14-20(18)28)19(15-29)25(35-16-21(32)31-27(2,3)4)30-24(23)17-11-7-6-8-12-17/h6-14,22,30H,5,16H2,1-4H3,(H,31,32)/t22-/m1/s1. The summed E-state index contributed by atoms with van der Waals surface area (Å²) in [5, 5.41) is 17.4. The van der Waals surface area contributed by atoms with E-state index in [-0.39, 0.29) is 23.8 Å². The average molecular weight is 510 g/mol. The number of benzene rings is 2. The first kappa shape index (κ1) is 26.4. The molecule has 0 bridgehead atoms. The highest BCUT2D eigenvalue weighted by molar-refractivity contribution is 8.03. The van der Waals surface area contributed by atoms with Gasteiger partial charge in [-0.2, -0.15) is 5.26 Å². The maximum Gasteiger partial charge on any atom is 0.337 e. The lowest BCUT2D eigenvalue weighted by atomic mass is 9.81. The molecule has 1 aliphatic rings. The van der Waals surface area contributed by atoms with Crippen LogP contribution >= 0.6 is 23.4 Å². The molecule has 6 nitrogen and oxygen atoms in total. The highest BCUT2D eigenvalue weighted by Crippen LogP contribution is 2.45. The summed E-state index contributed by atoms with van der Waals surface area (Å²) in [4.78, 5) is 25.8. The van der Waals surface area contributed by atoms with E-state index in [1.165, 1.54) is 11.8 Å². The molecule has 0 saturated carbocycles. The summed E-state index contributed by atoms with van der Waals surface area (Å²) in [6.45, 7) is 7.63. The Bertz CT molecular complexity index is 1210. The minimum Gasteiger partial charge on any atom is -0.463 e. The number of dihydropyridines is 1. The molecule has 0 saturated heterocycles. The number of thioether (sulfide) groups is 1. The lowest BCUT2D eigenvalue weighted by molar-refractivity contribution is -0.138. The number of esters is 1. The number of hydrogen-bond acceptors (Lipinski definition) is 6. The van der Waals surface area contributed by atoms with Crippen molar-refractivity contribution in [3.8, 4) is 6.07 Å².